The molecule has 4 aliphatic rings. The maximum absolute atomic E-state index is 13.7. The number of halogens is 4. The van der Waals surface area contributed by atoms with E-state index in [1.54, 1.807) is 118 Å². The second-order valence-electron chi connectivity index (χ2n) is 33.6. The summed E-state index contributed by atoms with van der Waals surface area (Å²) < 4.78 is 61.7. The summed E-state index contributed by atoms with van der Waals surface area (Å²) >= 11 is 6.41. The third-order valence-electron chi connectivity index (χ3n) is 22.8. The zero-order chi connectivity index (χ0) is 89.6. The minimum atomic E-state index is -0.255. The SMILES string of the molecule is CCCCCc1nc(-c2ccc(F)c(C)c2)nn1CC(=O)N1CCc2nc(C)sc2CC1.CCCCCc1nc(-c2ccc(F)c(C)c2)nn1CC(=O)N1CCc2nc(N)sc2CC1.Cc1cc(-c2nc(CCC(C)C)n(CC(=O)N3CCc4nc(N)sc4CC3)n2)ccc1F.Cc1nc2c(s1)CN(C(=O)Cn1nc(-c3ccc(F)c(C)c3)nc1CCC(C)C)C2. The van der Waals surface area contributed by atoms with Crippen LogP contribution in [0.4, 0.5) is 27.8 Å². The van der Waals surface area contributed by atoms with Crippen LogP contribution in [0.5, 0.6) is 0 Å². The van der Waals surface area contributed by atoms with E-state index in [9.17, 15) is 36.7 Å². The van der Waals surface area contributed by atoms with Crippen molar-refractivity contribution in [2.45, 2.75) is 238 Å². The standard InChI is InChI=1S/C24H30FN5OS.2C23H29FN6OS.C22H26FN5OS/c1-4-5-6-7-22-27-24(18-8-9-19(25)16(2)14-18)28-30(22)15-23(31)29-12-10-20-21(11-13-29)32-17(3)26-20;1-14(2)4-7-20-27-22(16-5-6-17(24)15(3)12-16)28-30(20)13-21(31)29-10-8-18-19(9-11-29)32-23(25)26-18;1-3-4-5-6-20-27-22(16-7-8-17(24)15(2)13-16)28-30(20)14-21(31)29-11-9-18-19(10-12-29)32-23(25)26-18;1-13(2)5-8-20-25-22(16-6-7-17(23)14(3)9-16)26-28(20)12-21(29)27-10-18-19(11-27)30-15(4)24-18/h8-9,14H,4-7,10-13,15H2,1-3H3;5-6,12,14H,4,7-11,13H2,1-3H3,(H2,25,26);7-8,13H,3-6,9-12,14H2,1-2H3,(H2,25,26);6-7,9,13H,5,8,10-12H2,1-4H3. The van der Waals surface area contributed by atoms with Crippen molar-refractivity contribution < 1.29 is 36.7 Å². The number of aryl methyl sites for hydroxylation is 10. The van der Waals surface area contributed by atoms with Gasteiger partial charge in [0.15, 0.2) is 33.6 Å². The van der Waals surface area contributed by atoms with Crippen molar-refractivity contribution in [1.29, 1.82) is 0 Å². The summed E-state index contributed by atoms with van der Waals surface area (Å²) in [5.74, 6) is 5.46. The van der Waals surface area contributed by atoms with Gasteiger partial charge >= 0.3 is 0 Å². The van der Waals surface area contributed by atoms with Gasteiger partial charge in [0.05, 0.1) is 45.9 Å². The number of aromatic nitrogens is 16. The molecular weight excluding hydrogens is 1680 g/mol. The van der Waals surface area contributed by atoms with Crippen LogP contribution in [0.15, 0.2) is 72.8 Å². The molecule has 0 saturated heterocycles. The van der Waals surface area contributed by atoms with Gasteiger partial charge in [-0.25, -0.2) is 76.2 Å². The molecule has 668 valence electrons. The Morgan fingerprint density at radius 3 is 0.968 bits per heavy atom. The van der Waals surface area contributed by atoms with Gasteiger partial charge in [0.1, 0.15) is 72.7 Å². The molecule has 4 amide bonds. The molecule has 0 unspecified atom stereocenters. The molecular formula is C92H114F4N22O4S4. The van der Waals surface area contributed by atoms with Crippen LogP contribution >= 0.6 is 45.3 Å². The number of nitrogens with zero attached hydrogens (tertiary/aromatic N) is 20. The lowest BCUT2D eigenvalue weighted by molar-refractivity contribution is -0.133. The maximum Gasteiger partial charge on any atom is 0.245 e. The molecule has 8 aromatic heterocycles. The molecule has 12 aromatic rings. The number of thiazole rings is 4. The van der Waals surface area contributed by atoms with E-state index < -0.39 is 0 Å². The Kier molecular flexibility index (Phi) is 31.4. The van der Waals surface area contributed by atoms with Crippen molar-refractivity contribution in [2.24, 2.45) is 11.8 Å². The molecule has 34 heteroatoms. The van der Waals surface area contributed by atoms with Gasteiger partial charge in [-0.15, -0.1) is 45.3 Å². The van der Waals surface area contributed by atoms with Gasteiger partial charge in [0.2, 0.25) is 23.6 Å². The summed E-state index contributed by atoms with van der Waals surface area (Å²) in [6, 6.07) is 19.5. The quantitative estimate of drug-likeness (QED) is 0.0376. The van der Waals surface area contributed by atoms with E-state index in [4.69, 9.17) is 31.4 Å². The van der Waals surface area contributed by atoms with Crippen LogP contribution in [-0.2, 0) is 123 Å². The molecule has 12 heterocycles. The van der Waals surface area contributed by atoms with E-state index in [-0.39, 0.29) is 73.1 Å². The van der Waals surface area contributed by atoms with Gasteiger partial charge in [-0.05, 0) is 174 Å². The Balaban J connectivity index is 0.000000144. The highest BCUT2D eigenvalue weighted by Gasteiger charge is 2.31. The Labute approximate surface area is 749 Å². The van der Waals surface area contributed by atoms with Crippen LogP contribution in [0, 0.1) is 76.6 Å². The number of unbranched alkanes of at least 4 members (excludes halogenated alkanes) is 4. The molecule has 0 spiro atoms. The summed E-state index contributed by atoms with van der Waals surface area (Å²) in [4.78, 5) is 101. The summed E-state index contributed by atoms with van der Waals surface area (Å²) in [6.07, 6.45) is 16.0. The van der Waals surface area contributed by atoms with Gasteiger partial charge in [0, 0.05) is 145 Å². The topological polar surface area (TPSA) is 308 Å². The lowest BCUT2D eigenvalue weighted by Gasteiger charge is -2.20. The first-order valence-electron chi connectivity index (χ1n) is 43.8. The van der Waals surface area contributed by atoms with Crippen molar-refractivity contribution in [1.82, 2.24) is 98.6 Å². The number of nitrogen functional groups attached to an aromatic ring is 2. The van der Waals surface area contributed by atoms with E-state index in [2.05, 4.69) is 81.9 Å². The van der Waals surface area contributed by atoms with Gasteiger partial charge in [0.25, 0.3) is 0 Å². The van der Waals surface area contributed by atoms with Crippen molar-refractivity contribution in [2.75, 3.05) is 50.7 Å². The first-order chi connectivity index (χ1) is 60.5. The second-order valence-corrected chi connectivity index (χ2v) is 38.4. The van der Waals surface area contributed by atoms with Crippen LogP contribution in [0.25, 0.3) is 45.6 Å². The van der Waals surface area contributed by atoms with E-state index in [1.165, 1.54) is 66.4 Å². The van der Waals surface area contributed by atoms with Crippen LogP contribution in [0.2, 0.25) is 0 Å². The minimum absolute atomic E-state index is 0.00962. The molecule has 126 heavy (non-hydrogen) atoms. The van der Waals surface area contributed by atoms with Crippen LogP contribution in [-0.4, -0.2) is 161 Å². The fraction of sp³-hybridized carbons (Fsp3) is 0.478. The summed E-state index contributed by atoms with van der Waals surface area (Å²) in [5, 5.41) is 21.9. The third-order valence-corrected chi connectivity index (χ3v) is 26.9. The van der Waals surface area contributed by atoms with Gasteiger partial charge in [-0.1, -0.05) is 67.2 Å². The summed E-state index contributed by atoms with van der Waals surface area (Å²) in [5.41, 5.74) is 21.1. The predicted octanol–water partition coefficient (Wildman–Crippen LogP) is 16.2. The summed E-state index contributed by atoms with van der Waals surface area (Å²) in [7, 11) is 0. The van der Waals surface area contributed by atoms with Crippen LogP contribution < -0.4 is 11.5 Å². The normalized spacial score (nSPS) is 13.7. The smallest absolute Gasteiger partial charge is 0.245 e. The van der Waals surface area contributed by atoms with Crippen molar-refractivity contribution >= 4 is 79.2 Å². The average molecular weight is 1800 g/mol. The number of anilines is 2. The minimum Gasteiger partial charge on any atom is -0.375 e. The molecule has 0 saturated carbocycles. The number of hydrogen-bond donors (Lipinski definition) is 2. The number of amides is 4. The fourth-order valence-electron chi connectivity index (χ4n) is 15.5. The lowest BCUT2D eigenvalue weighted by atomic mass is 10.1. The first-order valence-corrected chi connectivity index (χ1v) is 47.1. The fourth-order valence-corrected chi connectivity index (χ4v) is 19.2. The van der Waals surface area contributed by atoms with E-state index in [0.717, 1.165) is 187 Å². The van der Waals surface area contributed by atoms with Crippen molar-refractivity contribution in [3.8, 4) is 45.6 Å². The molecule has 26 nitrogen and oxygen atoms in total. The predicted molar refractivity (Wildman–Crippen MR) is 486 cm³/mol. The number of carbonyl (C=O) groups is 4. The lowest BCUT2D eigenvalue weighted by Crippen LogP contribution is -2.36. The highest BCUT2D eigenvalue weighted by Crippen LogP contribution is 2.33. The highest BCUT2D eigenvalue weighted by molar-refractivity contribution is 7.15. The molecule has 0 bridgehead atoms. The number of carbonyl (C=O) groups excluding carboxylic acids is 4. The van der Waals surface area contributed by atoms with E-state index in [1.807, 2.05) is 33.4 Å². The highest BCUT2D eigenvalue weighted by atomic mass is 32.1. The van der Waals surface area contributed by atoms with Gasteiger partial charge in [-0.3, -0.25) is 19.2 Å². The molecule has 0 fully saturated rings. The zero-order valence-electron chi connectivity index (χ0n) is 74.2. The Hall–Kier alpha value is -10.8. The Morgan fingerprint density at radius 1 is 0.357 bits per heavy atom. The molecule has 16 rings (SSSR count). The molecule has 0 aliphatic carbocycles. The van der Waals surface area contributed by atoms with Crippen molar-refractivity contribution in [3.63, 3.8) is 0 Å². The zero-order valence-corrected chi connectivity index (χ0v) is 77.4. The average Bonchev–Trinajstić information content (AvgIpc) is 1.73. The Bertz CT molecular complexity index is 5540. The van der Waals surface area contributed by atoms with E-state index >= 15 is 0 Å². The number of fused-ring (bicyclic) bond motifs is 4. The number of rotatable bonds is 26. The number of nitrogens with two attached hydrogens (primary N) is 2. The molecule has 4 N–H and O–H groups in total. The molecule has 4 aromatic carbocycles. The van der Waals surface area contributed by atoms with Crippen LogP contribution in [0.1, 0.15) is 191 Å². The third kappa shape index (κ3) is 24.1. The monoisotopic (exact) mass is 1790 g/mol. The Morgan fingerprint density at radius 2 is 0.651 bits per heavy atom. The number of benzene rings is 4. The summed E-state index contributed by atoms with van der Waals surface area (Å²) in [6.45, 7) is 29.6. The molecule has 0 atom stereocenters. The largest absolute Gasteiger partial charge is 0.375 e. The second kappa shape index (κ2) is 42.6. The van der Waals surface area contributed by atoms with Gasteiger partial charge < -0.3 is 31.1 Å². The first kappa shape index (κ1) is 92.8. The van der Waals surface area contributed by atoms with Gasteiger partial charge in [-0.2, -0.15) is 20.4 Å². The van der Waals surface area contributed by atoms with E-state index in [0.29, 0.717) is 126 Å². The van der Waals surface area contributed by atoms with Crippen LogP contribution in [0.3, 0.4) is 0 Å². The maximum atomic E-state index is 13.7. The van der Waals surface area contributed by atoms with Crippen molar-refractivity contribution in [3.05, 3.63) is 194 Å². The molecule has 4 aliphatic heterocycles. The molecule has 0 radical (unpaired) electrons. The number of hydrogen-bond acceptors (Lipinski definition) is 22.